The molecule has 0 aliphatic rings. The number of pyridine rings is 1. The summed E-state index contributed by atoms with van der Waals surface area (Å²) in [5, 5.41) is 21.1. The van der Waals surface area contributed by atoms with Gasteiger partial charge in [0.25, 0.3) is 0 Å². The molecule has 0 aromatic carbocycles. The van der Waals surface area contributed by atoms with Gasteiger partial charge in [-0.3, -0.25) is 0 Å². The Morgan fingerprint density at radius 1 is 1.47 bits per heavy atom. The highest BCUT2D eigenvalue weighted by atomic mass is 16.3. The summed E-state index contributed by atoms with van der Waals surface area (Å²) in [5.74, 6) is 0.478. The molecule has 0 radical (unpaired) electrons. The Labute approximate surface area is 89.0 Å². The van der Waals surface area contributed by atoms with E-state index in [4.69, 9.17) is 15.9 Å². The highest BCUT2D eigenvalue weighted by molar-refractivity contribution is 5.62. The third kappa shape index (κ3) is 2.81. The highest BCUT2D eigenvalue weighted by Gasteiger charge is 2.23. The van der Waals surface area contributed by atoms with Crippen molar-refractivity contribution in [1.82, 2.24) is 4.98 Å². The Morgan fingerprint density at radius 2 is 2.07 bits per heavy atom. The number of aromatic nitrogens is 1. The number of anilines is 2. The molecule has 0 atom stereocenters. The number of hydrogen-bond donors (Lipinski definition) is 4. The van der Waals surface area contributed by atoms with Crippen LogP contribution in [0, 0.1) is 6.92 Å². The van der Waals surface area contributed by atoms with E-state index in [0.717, 1.165) is 5.56 Å². The van der Waals surface area contributed by atoms with E-state index in [-0.39, 0.29) is 13.2 Å². The van der Waals surface area contributed by atoms with Gasteiger partial charge in [-0.1, -0.05) is 0 Å². The van der Waals surface area contributed by atoms with Gasteiger partial charge in [-0.25, -0.2) is 4.98 Å². The molecule has 5 nitrogen and oxygen atoms in total. The first-order valence-electron chi connectivity index (χ1n) is 4.73. The number of hydrogen-bond acceptors (Lipinski definition) is 5. The zero-order valence-electron chi connectivity index (χ0n) is 8.99. The summed E-state index contributed by atoms with van der Waals surface area (Å²) in [6.07, 6.45) is 1.67. The summed E-state index contributed by atoms with van der Waals surface area (Å²) in [6, 6.07) is 1.78. The maximum absolute atomic E-state index is 9.10. The van der Waals surface area contributed by atoms with Crippen LogP contribution in [0.2, 0.25) is 0 Å². The van der Waals surface area contributed by atoms with Crippen molar-refractivity contribution in [3.05, 3.63) is 17.8 Å². The van der Waals surface area contributed by atoms with Crippen LogP contribution in [0.1, 0.15) is 12.5 Å². The molecule has 1 heterocycles. The largest absolute Gasteiger partial charge is 0.396 e. The minimum absolute atomic E-state index is 0.196. The third-order valence-electron chi connectivity index (χ3n) is 2.17. The fourth-order valence-corrected chi connectivity index (χ4v) is 1.11. The van der Waals surface area contributed by atoms with Crippen LogP contribution in [-0.4, -0.2) is 33.9 Å². The van der Waals surface area contributed by atoms with Gasteiger partial charge in [-0.15, -0.1) is 0 Å². The first-order valence-corrected chi connectivity index (χ1v) is 4.73. The van der Waals surface area contributed by atoms with Gasteiger partial charge < -0.3 is 21.3 Å². The quantitative estimate of drug-likeness (QED) is 0.568. The number of aliphatic hydroxyl groups is 2. The summed E-state index contributed by atoms with van der Waals surface area (Å²) >= 11 is 0. The van der Waals surface area contributed by atoms with Gasteiger partial charge in [0.05, 0.1) is 24.4 Å². The molecular weight excluding hydrogens is 194 g/mol. The minimum Gasteiger partial charge on any atom is -0.396 e. The monoisotopic (exact) mass is 211 g/mol. The lowest BCUT2D eigenvalue weighted by atomic mass is 10.1. The predicted octanol–water partition coefficient (Wildman–Crippen LogP) is 0.127. The summed E-state index contributed by atoms with van der Waals surface area (Å²) in [6.45, 7) is 3.19. The van der Waals surface area contributed by atoms with Crippen LogP contribution in [0.15, 0.2) is 12.3 Å². The second-order valence-corrected chi connectivity index (χ2v) is 3.95. The van der Waals surface area contributed by atoms with Gasteiger partial charge in [-0.05, 0) is 25.5 Å². The van der Waals surface area contributed by atoms with E-state index in [0.29, 0.717) is 11.5 Å². The summed E-state index contributed by atoms with van der Waals surface area (Å²) in [4.78, 5) is 4.10. The number of rotatable bonds is 4. The lowest BCUT2D eigenvalue weighted by Crippen LogP contribution is -2.43. The van der Waals surface area contributed by atoms with Crippen LogP contribution in [0.5, 0.6) is 0 Å². The van der Waals surface area contributed by atoms with E-state index in [9.17, 15) is 0 Å². The van der Waals surface area contributed by atoms with Gasteiger partial charge >= 0.3 is 0 Å². The molecule has 1 rings (SSSR count). The number of nitrogens with two attached hydrogens (primary N) is 1. The molecule has 0 aliphatic heterocycles. The van der Waals surface area contributed by atoms with Gasteiger partial charge in [-0.2, -0.15) is 0 Å². The van der Waals surface area contributed by atoms with E-state index in [2.05, 4.69) is 10.3 Å². The molecule has 0 amide bonds. The third-order valence-corrected chi connectivity index (χ3v) is 2.17. The smallest absolute Gasteiger partial charge is 0.149 e. The van der Waals surface area contributed by atoms with Crippen molar-refractivity contribution < 1.29 is 10.2 Å². The molecule has 0 unspecified atom stereocenters. The Bertz CT molecular complexity index is 337. The number of nitrogens with zero attached hydrogens (tertiary/aromatic N) is 1. The summed E-state index contributed by atoms with van der Waals surface area (Å²) in [7, 11) is 0. The maximum Gasteiger partial charge on any atom is 0.149 e. The van der Waals surface area contributed by atoms with Crippen molar-refractivity contribution in [3.63, 3.8) is 0 Å². The van der Waals surface area contributed by atoms with E-state index in [1.54, 1.807) is 19.2 Å². The molecule has 0 aliphatic carbocycles. The molecule has 1 aromatic rings. The van der Waals surface area contributed by atoms with Crippen molar-refractivity contribution in [2.75, 3.05) is 24.3 Å². The van der Waals surface area contributed by atoms with Crippen LogP contribution in [-0.2, 0) is 0 Å². The molecule has 0 bridgehead atoms. The van der Waals surface area contributed by atoms with Gasteiger partial charge in [0, 0.05) is 6.20 Å². The molecule has 5 heteroatoms. The molecule has 0 spiro atoms. The molecule has 1 aromatic heterocycles. The second kappa shape index (κ2) is 4.46. The summed E-state index contributed by atoms with van der Waals surface area (Å²) in [5.41, 5.74) is 6.41. The molecule has 5 N–H and O–H groups in total. The Balaban J connectivity index is 2.89. The second-order valence-electron chi connectivity index (χ2n) is 3.95. The number of nitrogens with one attached hydrogen (secondary N) is 1. The maximum atomic E-state index is 9.10. The predicted molar refractivity (Wildman–Crippen MR) is 59.6 cm³/mol. The normalized spacial score (nSPS) is 11.5. The fourth-order valence-electron chi connectivity index (χ4n) is 1.11. The van der Waals surface area contributed by atoms with Crippen molar-refractivity contribution >= 4 is 11.5 Å². The fraction of sp³-hybridized carbons (Fsp3) is 0.500. The van der Waals surface area contributed by atoms with Crippen LogP contribution in [0.3, 0.4) is 0 Å². The lowest BCUT2D eigenvalue weighted by molar-refractivity contribution is 0.147. The van der Waals surface area contributed by atoms with Gasteiger partial charge in [0.2, 0.25) is 0 Å². The first-order chi connectivity index (χ1) is 7.00. The molecule has 15 heavy (non-hydrogen) atoms. The topological polar surface area (TPSA) is 91.4 Å². The lowest BCUT2D eigenvalue weighted by Gasteiger charge is -2.27. The molecule has 84 valence electrons. The zero-order chi connectivity index (χ0) is 11.5. The highest BCUT2D eigenvalue weighted by Crippen LogP contribution is 2.20. The number of aliphatic hydroxyl groups excluding tert-OH is 2. The van der Waals surface area contributed by atoms with Crippen molar-refractivity contribution in [3.8, 4) is 0 Å². The average molecular weight is 211 g/mol. The van der Waals surface area contributed by atoms with E-state index >= 15 is 0 Å². The standard InChI is InChI=1S/C10H17N3O2/c1-7-3-8(11)9(12-4-7)13-10(2,5-14)6-15/h3-4,14-15H,5-6,11H2,1-2H3,(H,12,13). The SMILES string of the molecule is Cc1cnc(NC(C)(CO)CO)c(N)c1. The van der Waals surface area contributed by atoms with Gasteiger partial charge in [0.1, 0.15) is 5.82 Å². The van der Waals surface area contributed by atoms with E-state index in [1.165, 1.54) is 0 Å². The average Bonchev–Trinajstić information content (AvgIpc) is 2.22. The zero-order valence-corrected chi connectivity index (χ0v) is 8.99. The number of nitrogen functional groups attached to an aromatic ring is 1. The van der Waals surface area contributed by atoms with E-state index in [1.807, 2.05) is 6.92 Å². The molecule has 0 saturated heterocycles. The van der Waals surface area contributed by atoms with Crippen LogP contribution in [0.4, 0.5) is 11.5 Å². The first kappa shape index (κ1) is 11.7. The molecule has 0 saturated carbocycles. The Morgan fingerprint density at radius 3 is 2.53 bits per heavy atom. The summed E-state index contributed by atoms with van der Waals surface area (Å²) < 4.78 is 0. The molecular formula is C10H17N3O2. The molecule has 0 fully saturated rings. The van der Waals surface area contributed by atoms with Crippen LogP contribution in [0.25, 0.3) is 0 Å². The Kier molecular flexibility index (Phi) is 3.49. The van der Waals surface area contributed by atoms with Crippen molar-refractivity contribution in [2.24, 2.45) is 0 Å². The van der Waals surface area contributed by atoms with E-state index < -0.39 is 5.54 Å². The Hall–Kier alpha value is -1.33. The number of aryl methyl sites for hydroxylation is 1. The van der Waals surface area contributed by atoms with Crippen molar-refractivity contribution in [2.45, 2.75) is 19.4 Å². The van der Waals surface area contributed by atoms with Gasteiger partial charge in [0.15, 0.2) is 0 Å². The van der Waals surface area contributed by atoms with Crippen LogP contribution >= 0.6 is 0 Å². The van der Waals surface area contributed by atoms with Crippen molar-refractivity contribution in [1.29, 1.82) is 0 Å². The minimum atomic E-state index is -0.809. The van der Waals surface area contributed by atoms with Crippen LogP contribution < -0.4 is 11.1 Å².